The topological polar surface area (TPSA) is 141 Å². The van der Waals surface area contributed by atoms with E-state index >= 15 is 0 Å². The second kappa shape index (κ2) is 11.2. The van der Waals surface area contributed by atoms with Crippen molar-refractivity contribution in [1.29, 1.82) is 16.2 Å². The summed E-state index contributed by atoms with van der Waals surface area (Å²) >= 11 is 0. The SMILES string of the molecule is CC(C)/C(=C/C(=N)c1ccc(F)cc1)c1ncc(C(=O)N2CCN(C(=O)C(=N)/C=C\C=N)CC2(C)C)[nH]1. The minimum Gasteiger partial charge on any atom is -0.334 e. The second-order valence-electron chi connectivity index (χ2n) is 9.76. The molecule has 0 bridgehead atoms. The van der Waals surface area contributed by atoms with E-state index in [1.807, 2.05) is 27.7 Å². The Hall–Kier alpha value is -4.21. The average Bonchev–Trinajstić information content (AvgIpc) is 3.34. The molecule has 0 unspecified atom stereocenters. The normalized spacial score (nSPS) is 15.8. The summed E-state index contributed by atoms with van der Waals surface area (Å²) in [5, 5.41) is 23.3. The molecule has 1 fully saturated rings. The van der Waals surface area contributed by atoms with E-state index in [9.17, 15) is 14.0 Å². The number of H-pyrrole nitrogens is 1. The number of imidazole rings is 1. The number of carbonyl (C=O) groups excluding carboxylic acids is 2. The first kappa shape index (κ1) is 27.4. The third-order valence-corrected chi connectivity index (χ3v) is 6.18. The number of halogens is 1. The average molecular weight is 506 g/mol. The molecule has 1 aliphatic rings. The van der Waals surface area contributed by atoms with Crippen molar-refractivity contribution < 1.29 is 14.0 Å². The first-order valence-corrected chi connectivity index (χ1v) is 11.9. The van der Waals surface area contributed by atoms with Crippen LogP contribution in [0.5, 0.6) is 0 Å². The largest absolute Gasteiger partial charge is 0.334 e. The number of hydrogen-bond acceptors (Lipinski definition) is 6. The summed E-state index contributed by atoms with van der Waals surface area (Å²) in [6.45, 7) is 8.47. The molecule has 3 rings (SSSR count). The zero-order chi connectivity index (χ0) is 27.3. The molecule has 0 aliphatic carbocycles. The van der Waals surface area contributed by atoms with Crippen molar-refractivity contribution >= 4 is 35.0 Å². The number of nitrogens with zero attached hydrogens (tertiary/aromatic N) is 3. The van der Waals surface area contributed by atoms with Crippen molar-refractivity contribution in [2.24, 2.45) is 5.92 Å². The predicted octanol–water partition coefficient (Wildman–Crippen LogP) is 3.94. The zero-order valence-corrected chi connectivity index (χ0v) is 21.4. The van der Waals surface area contributed by atoms with Gasteiger partial charge in [-0.05, 0) is 73.4 Å². The van der Waals surface area contributed by atoms with Crippen LogP contribution in [0.15, 0.2) is 48.7 Å². The van der Waals surface area contributed by atoms with E-state index in [0.717, 1.165) is 11.8 Å². The number of aromatic amines is 1. The van der Waals surface area contributed by atoms with E-state index in [4.69, 9.17) is 16.2 Å². The first-order chi connectivity index (χ1) is 17.4. The maximum absolute atomic E-state index is 13.4. The Morgan fingerprint density at radius 2 is 1.84 bits per heavy atom. The molecular weight excluding hydrogens is 473 g/mol. The van der Waals surface area contributed by atoms with Crippen molar-refractivity contribution in [2.75, 3.05) is 19.6 Å². The van der Waals surface area contributed by atoms with Crippen molar-refractivity contribution in [3.05, 3.63) is 71.6 Å². The standard InChI is InChI=1S/C27H32FN7O2/c1-17(2)20(14-22(31)18-7-9-19(28)10-8-18)24-32-15-23(33-24)26(37)35-13-12-34(16-27(35,3)4)25(36)21(30)6-5-11-29/h5-11,14-15,17,29-31H,12-13,16H2,1-4H3,(H,32,33)/b6-5-,20-14-,29-11?,30-21?,31-22?. The molecule has 0 saturated carbocycles. The predicted molar refractivity (Wildman–Crippen MR) is 142 cm³/mol. The van der Waals surface area contributed by atoms with Crippen LogP contribution in [-0.4, -0.2) is 74.4 Å². The number of carbonyl (C=O) groups is 2. The van der Waals surface area contributed by atoms with Gasteiger partial charge < -0.3 is 25.6 Å². The molecule has 2 heterocycles. The van der Waals surface area contributed by atoms with E-state index < -0.39 is 11.4 Å². The molecule has 0 spiro atoms. The van der Waals surface area contributed by atoms with Gasteiger partial charge in [0, 0.05) is 25.8 Å². The molecule has 1 aromatic heterocycles. The molecule has 1 aliphatic heterocycles. The lowest BCUT2D eigenvalue weighted by Gasteiger charge is -2.46. The number of hydrogen-bond donors (Lipinski definition) is 4. The summed E-state index contributed by atoms with van der Waals surface area (Å²) in [6, 6.07) is 5.70. The molecule has 194 valence electrons. The molecule has 37 heavy (non-hydrogen) atoms. The molecule has 9 nitrogen and oxygen atoms in total. The molecule has 1 saturated heterocycles. The lowest BCUT2D eigenvalue weighted by atomic mass is 9.97. The van der Waals surface area contributed by atoms with Crippen LogP contribution in [0.25, 0.3) is 5.57 Å². The van der Waals surface area contributed by atoms with Gasteiger partial charge in [0.25, 0.3) is 11.8 Å². The van der Waals surface area contributed by atoms with Crippen LogP contribution < -0.4 is 0 Å². The van der Waals surface area contributed by atoms with E-state index in [0.29, 0.717) is 17.1 Å². The number of amides is 2. The van der Waals surface area contributed by atoms with Crippen LogP contribution in [0.2, 0.25) is 0 Å². The third kappa shape index (κ3) is 6.32. The third-order valence-electron chi connectivity index (χ3n) is 6.18. The van der Waals surface area contributed by atoms with Crippen molar-refractivity contribution in [3.63, 3.8) is 0 Å². The highest BCUT2D eigenvalue weighted by Gasteiger charge is 2.39. The fraction of sp³-hybridized carbons (Fsp3) is 0.333. The number of benzene rings is 1. The summed E-state index contributed by atoms with van der Waals surface area (Å²) in [5.41, 5.74) is 0.901. The highest BCUT2D eigenvalue weighted by atomic mass is 19.1. The fourth-order valence-electron chi connectivity index (χ4n) is 4.19. The summed E-state index contributed by atoms with van der Waals surface area (Å²) in [4.78, 5) is 36.8. The monoisotopic (exact) mass is 505 g/mol. The lowest BCUT2D eigenvalue weighted by Crippen LogP contribution is -2.62. The van der Waals surface area contributed by atoms with E-state index in [1.54, 1.807) is 28.0 Å². The first-order valence-electron chi connectivity index (χ1n) is 11.9. The maximum Gasteiger partial charge on any atom is 0.272 e. The van der Waals surface area contributed by atoms with Gasteiger partial charge in [0.15, 0.2) is 0 Å². The highest BCUT2D eigenvalue weighted by molar-refractivity contribution is 6.42. The van der Waals surface area contributed by atoms with Crippen LogP contribution in [-0.2, 0) is 4.79 Å². The van der Waals surface area contributed by atoms with Crippen molar-refractivity contribution in [3.8, 4) is 0 Å². The molecule has 10 heteroatoms. The second-order valence-corrected chi connectivity index (χ2v) is 9.76. The molecule has 1 aromatic carbocycles. The van der Waals surface area contributed by atoms with Crippen LogP contribution in [0.3, 0.4) is 0 Å². The Morgan fingerprint density at radius 1 is 1.16 bits per heavy atom. The zero-order valence-electron chi connectivity index (χ0n) is 21.4. The Balaban J connectivity index is 1.78. The van der Waals surface area contributed by atoms with Crippen molar-refractivity contribution in [1.82, 2.24) is 19.8 Å². The molecule has 4 N–H and O–H groups in total. The Kier molecular flexibility index (Phi) is 8.31. The van der Waals surface area contributed by atoms with Crippen LogP contribution in [0, 0.1) is 28.0 Å². The highest BCUT2D eigenvalue weighted by Crippen LogP contribution is 2.26. The fourth-order valence-corrected chi connectivity index (χ4v) is 4.19. The summed E-state index contributed by atoms with van der Waals surface area (Å²) in [7, 11) is 0. The molecule has 0 radical (unpaired) electrons. The summed E-state index contributed by atoms with van der Waals surface area (Å²) < 4.78 is 13.3. The Morgan fingerprint density at radius 3 is 2.43 bits per heavy atom. The summed E-state index contributed by atoms with van der Waals surface area (Å²) in [6.07, 6.45) is 6.75. The smallest absolute Gasteiger partial charge is 0.272 e. The minimum absolute atomic E-state index is 0.00193. The van der Waals surface area contributed by atoms with Gasteiger partial charge in [0.05, 0.1) is 17.4 Å². The minimum atomic E-state index is -0.691. The quantitative estimate of drug-likeness (QED) is 0.404. The molecular formula is C27H32FN7O2. The van der Waals surface area contributed by atoms with Gasteiger partial charge in [-0.15, -0.1) is 0 Å². The number of piperazine rings is 1. The van der Waals surface area contributed by atoms with Gasteiger partial charge in [-0.25, -0.2) is 9.37 Å². The van der Waals surface area contributed by atoms with E-state index in [1.165, 1.54) is 30.5 Å². The van der Waals surface area contributed by atoms with Gasteiger partial charge in [-0.1, -0.05) is 13.8 Å². The van der Waals surface area contributed by atoms with E-state index in [-0.39, 0.29) is 48.7 Å². The Labute approximate surface area is 215 Å². The molecule has 0 atom stereocenters. The van der Waals surface area contributed by atoms with Gasteiger partial charge in [-0.2, -0.15) is 0 Å². The lowest BCUT2D eigenvalue weighted by molar-refractivity contribution is -0.128. The number of aromatic nitrogens is 2. The van der Waals surface area contributed by atoms with Crippen LogP contribution in [0.4, 0.5) is 4.39 Å². The van der Waals surface area contributed by atoms with Crippen LogP contribution >= 0.6 is 0 Å². The van der Waals surface area contributed by atoms with E-state index in [2.05, 4.69) is 9.97 Å². The van der Waals surface area contributed by atoms with Crippen molar-refractivity contribution in [2.45, 2.75) is 33.2 Å². The van der Waals surface area contributed by atoms with Gasteiger partial charge in [0.1, 0.15) is 23.0 Å². The van der Waals surface area contributed by atoms with Gasteiger partial charge >= 0.3 is 0 Å². The number of allylic oxidation sites excluding steroid dienone is 3. The maximum atomic E-state index is 13.4. The number of nitrogens with one attached hydrogen (secondary N) is 4. The van der Waals surface area contributed by atoms with Gasteiger partial charge in [-0.3, -0.25) is 15.0 Å². The Bertz CT molecular complexity index is 1270. The van der Waals surface area contributed by atoms with Crippen LogP contribution in [0.1, 0.15) is 49.6 Å². The molecule has 2 aromatic rings. The summed E-state index contributed by atoms with van der Waals surface area (Å²) in [5.74, 6) is -0.602. The number of rotatable bonds is 8. The molecule has 2 amide bonds. The van der Waals surface area contributed by atoms with Gasteiger partial charge in [0.2, 0.25) is 0 Å².